The minimum atomic E-state index is -3.44. The molecule has 142 valence electrons. The van der Waals surface area contributed by atoms with Crippen molar-refractivity contribution in [1.82, 2.24) is 0 Å². The smallest absolute Gasteiger partial charge is 0.229 e. The summed E-state index contributed by atoms with van der Waals surface area (Å²) in [4.78, 5) is 0. The molecule has 3 aromatic carbocycles. The number of fused-ring (bicyclic) bond motifs is 2. The van der Waals surface area contributed by atoms with Crippen molar-refractivity contribution in [3.8, 4) is 0 Å². The van der Waals surface area contributed by atoms with Crippen LogP contribution in [0.15, 0.2) is 72.8 Å². The van der Waals surface area contributed by atoms with Crippen molar-refractivity contribution in [2.45, 2.75) is 12.8 Å². The second-order valence-corrected chi connectivity index (χ2v) is 8.71. The summed E-state index contributed by atoms with van der Waals surface area (Å²) in [7, 11) is -3.44. The van der Waals surface area contributed by atoms with Crippen LogP contribution < -0.4 is 4.72 Å². The highest BCUT2D eigenvalue weighted by Crippen LogP contribution is 2.39. The van der Waals surface area contributed by atoms with Crippen LogP contribution in [0, 0.1) is 0 Å². The van der Waals surface area contributed by atoms with E-state index in [1.54, 1.807) is 18.2 Å². The molecule has 0 amide bonds. The Bertz CT molecular complexity index is 1130. The summed E-state index contributed by atoms with van der Waals surface area (Å²) in [5.74, 6) is -0.362. The number of anilines is 1. The molecular formula is C23H20FNO2S. The third kappa shape index (κ3) is 3.71. The molecule has 0 aliphatic heterocycles. The van der Waals surface area contributed by atoms with Gasteiger partial charge in [-0.25, -0.2) is 12.8 Å². The van der Waals surface area contributed by atoms with Crippen molar-refractivity contribution in [2.24, 2.45) is 0 Å². The maximum atomic E-state index is 15.9. The van der Waals surface area contributed by atoms with Gasteiger partial charge in [-0.2, -0.15) is 0 Å². The number of benzene rings is 3. The Morgan fingerprint density at radius 1 is 0.857 bits per heavy atom. The van der Waals surface area contributed by atoms with Crippen LogP contribution >= 0.6 is 0 Å². The molecule has 0 atom stereocenters. The van der Waals surface area contributed by atoms with Crippen LogP contribution in [0.2, 0.25) is 0 Å². The molecule has 0 aromatic heterocycles. The predicted molar refractivity (Wildman–Crippen MR) is 112 cm³/mol. The molecule has 0 saturated carbocycles. The van der Waals surface area contributed by atoms with Gasteiger partial charge in [0.15, 0.2) is 0 Å². The fourth-order valence-corrected chi connectivity index (χ4v) is 4.25. The monoisotopic (exact) mass is 393 g/mol. The fraction of sp³-hybridized carbons (Fsp3) is 0.130. The summed E-state index contributed by atoms with van der Waals surface area (Å²) in [5.41, 5.74) is 5.21. The number of hydrogen-bond donors (Lipinski definition) is 1. The standard InChI is InChI=1S/C23H20FNO2S/c1-28(26,27)25-19-10-6-9-18(15-19)23(24)22-20-11-4-2-7-16(20)13-14-17-8-3-5-12-21(17)22/h2-12,15,25H,13-14H2,1H3. The molecule has 4 rings (SSSR count). The van der Waals surface area contributed by atoms with Crippen molar-refractivity contribution in [3.63, 3.8) is 0 Å². The lowest BCUT2D eigenvalue weighted by Crippen LogP contribution is -2.09. The third-order valence-corrected chi connectivity index (χ3v) is 5.48. The summed E-state index contributed by atoms with van der Waals surface area (Å²) in [6.45, 7) is 0. The average Bonchev–Trinajstić information content (AvgIpc) is 2.83. The highest BCUT2D eigenvalue weighted by Gasteiger charge is 2.22. The first-order chi connectivity index (χ1) is 13.4. The molecule has 28 heavy (non-hydrogen) atoms. The Morgan fingerprint density at radius 3 is 2.00 bits per heavy atom. The van der Waals surface area contributed by atoms with Crippen LogP contribution in [0.4, 0.5) is 10.1 Å². The van der Waals surface area contributed by atoms with Crippen molar-refractivity contribution < 1.29 is 12.8 Å². The Balaban J connectivity index is 1.94. The van der Waals surface area contributed by atoms with Crippen LogP contribution in [-0.2, 0) is 22.9 Å². The lowest BCUT2D eigenvalue weighted by Gasteiger charge is -2.14. The van der Waals surface area contributed by atoms with Gasteiger partial charge >= 0.3 is 0 Å². The number of aryl methyl sites for hydroxylation is 2. The Labute approximate surface area is 164 Å². The first-order valence-electron chi connectivity index (χ1n) is 9.07. The number of rotatable bonds is 3. The van der Waals surface area contributed by atoms with E-state index >= 15 is 4.39 Å². The highest BCUT2D eigenvalue weighted by molar-refractivity contribution is 7.92. The number of halogens is 1. The summed E-state index contributed by atoms with van der Waals surface area (Å²) in [6, 6.07) is 22.2. The van der Waals surface area contributed by atoms with Gasteiger partial charge < -0.3 is 0 Å². The largest absolute Gasteiger partial charge is 0.284 e. The van der Waals surface area contributed by atoms with Gasteiger partial charge in [0.2, 0.25) is 10.0 Å². The lowest BCUT2D eigenvalue weighted by molar-refractivity contribution is 0.607. The van der Waals surface area contributed by atoms with Gasteiger partial charge in [-0.15, -0.1) is 0 Å². The van der Waals surface area contributed by atoms with Crippen LogP contribution in [0.25, 0.3) is 11.4 Å². The van der Waals surface area contributed by atoms with E-state index in [1.165, 1.54) is 6.07 Å². The second kappa shape index (κ2) is 7.24. The lowest BCUT2D eigenvalue weighted by atomic mass is 9.91. The molecule has 5 heteroatoms. The minimum Gasteiger partial charge on any atom is -0.284 e. The summed E-state index contributed by atoms with van der Waals surface area (Å²) >= 11 is 0. The van der Waals surface area contributed by atoms with E-state index in [1.807, 2.05) is 48.5 Å². The van der Waals surface area contributed by atoms with E-state index in [4.69, 9.17) is 0 Å². The minimum absolute atomic E-state index is 0.339. The highest BCUT2D eigenvalue weighted by atomic mass is 32.2. The summed E-state index contributed by atoms with van der Waals surface area (Å²) in [5, 5.41) is 0. The maximum Gasteiger partial charge on any atom is 0.229 e. The molecule has 0 unspecified atom stereocenters. The molecule has 0 bridgehead atoms. The Morgan fingerprint density at radius 2 is 1.43 bits per heavy atom. The van der Waals surface area contributed by atoms with Crippen molar-refractivity contribution >= 4 is 27.1 Å². The summed E-state index contributed by atoms with van der Waals surface area (Å²) < 4.78 is 41.4. The second-order valence-electron chi connectivity index (χ2n) is 6.96. The zero-order valence-corrected chi connectivity index (χ0v) is 16.3. The van der Waals surface area contributed by atoms with Crippen molar-refractivity contribution in [1.29, 1.82) is 0 Å². The van der Waals surface area contributed by atoms with Gasteiger partial charge in [0.25, 0.3) is 0 Å². The third-order valence-electron chi connectivity index (χ3n) is 4.88. The Hall–Kier alpha value is -2.92. The molecule has 1 N–H and O–H groups in total. The first-order valence-corrected chi connectivity index (χ1v) is 11.0. The molecule has 0 fully saturated rings. The average molecular weight is 393 g/mol. The van der Waals surface area contributed by atoms with Crippen LogP contribution in [0.3, 0.4) is 0 Å². The zero-order valence-electron chi connectivity index (χ0n) is 15.4. The Kier molecular flexibility index (Phi) is 4.77. The van der Waals surface area contributed by atoms with Crippen molar-refractivity contribution in [3.05, 3.63) is 101 Å². The van der Waals surface area contributed by atoms with E-state index in [9.17, 15) is 8.42 Å². The van der Waals surface area contributed by atoms with E-state index in [0.717, 1.165) is 41.4 Å². The zero-order chi connectivity index (χ0) is 19.7. The van der Waals surface area contributed by atoms with Gasteiger partial charge in [-0.3, -0.25) is 4.72 Å². The normalized spacial score (nSPS) is 13.3. The van der Waals surface area contributed by atoms with Gasteiger partial charge in [-0.1, -0.05) is 60.7 Å². The number of sulfonamides is 1. The quantitative estimate of drug-likeness (QED) is 0.677. The molecule has 0 saturated heterocycles. The van der Waals surface area contributed by atoms with Crippen LogP contribution in [0.1, 0.15) is 27.8 Å². The van der Waals surface area contributed by atoms with E-state index in [-0.39, 0.29) is 5.83 Å². The number of nitrogens with one attached hydrogen (secondary N) is 1. The molecule has 0 heterocycles. The van der Waals surface area contributed by atoms with Crippen LogP contribution in [0.5, 0.6) is 0 Å². The van der Waals surface area contributed by atoms with Crippen LogP contribution in [-0.4, -0.2) is 14.7 Å². The van der Waals surface area contributed by atoms with E-state index in [0.29, 0.717) is 16.8 Å². The van der Waals surface area contributed by atoms with Crippen molar-refractivity contribution in [2.75, 3.05) is 11.0 Å². The van der Waals surface area contributed by atoms with Gasteiger partial charge in [0, 0.05) is 16.8 Å². The SMILES string of the molecule is CS(=O)(=O)Nc1cccc(C(F)=C2c3ccccc3CCc3ccccc32)c1. The molecule has 3 nitrogen and oxygen atoms in total. The maximum absolute atomic E-state index is 15.9. The predicted octanol–water partition coefficient (Wildman–Crippen LogP) is 5.04. The number of hydrogen-bond acceptors (Lipinski definition) is 2. The van der Waals surface area contributed by atoms with Gasteiger partial charge in [0.05, 0.1) is 6.26 Å². The summed E-state index contributed by atoms with van der Waals surface area (Å²) in [6.07, 6.45) is 2.77. The molecular weight excluding hydrogens is 373 g/mol. The molecule has 1 aliphatic carbocycles. The van der Waals surface area contributed by atoms with E-state index < -0.39 is 10.0 Å². The topological polar surface area (TPSA) is 46.2 Å². The molecule has 1 aliphatic rings. The molecule has 0 radical (unpaired) electrons. The fourth-order valence-electron chi connectivity index (χ4n) is 3.69. The molecule has 0 spiro atoms. The molecule has 3 aromatic rings. The first kappa shape index (κ1) is 18.4. The van der Waals surface area contributed by atoms with Gasteiger partial charge in [0.1, 0.15) is 5.83 Å². The van der Waals surface area contributed by atoms with Gasteiger partial charge in [-0.05, 0) is 47.2 Å². The van der Waals surface area contributed by atoms with E-state index in [2.05, 4.69) is 4.72 Å².